The maximum atomic E-state index is 13.2. The smallest absolute Gasteiger partial charge is 0.251 e. The van der Waals surface area contributed by atoms with Gasteiger partial charge in [0.05, 0.1) is 0 Å². The first-order valence-electron chi connectivity index (χ1n) is 6.21. The van der Waals surface area contributed by atoms with Gasteiger partial charge in [-0.25, -0.2) is 4.39 Å². The monoisotopic (exact) mass is 290 g/mol. The lowest BCUT2D eigenvalue weighted by atomic mass is 10.2. The van der Waals surface area contributed by atoms with E-state index in [2.05, 4.69) is 5.32 Å². The van der Waals surface area contributed by atoms with E-state index in [4.69, 9.17) is 5.73 Å². The molecule has 0 radical (unpaired) electrons. The molecule has 2 aromatic carbocycles. The minimum atomic E-state index is -0.298. The van der Waals surface area contributed by atoms with Gasteiger partial charge in [0.15, 0.2) is 0 Å². The molecule has 0 aromatic heterocycles. The highest BCUT2D eigenvalue weighted by molar-refractivity contribution is 7.99. The molecule has 0 saturated carbocycles. The SMILES string of the molecule is CCNC(=O)c1ccc(N)c(Sc2cccc(F)c2)c1. The van der Waals surface area contributed by atoms with Crippen LogP contribution < -0.4 is 11.1 Å². The van der Waals surface area contributed by atoms with Crippen LogP contribution in [-0.4, -0.2) is 12.5 Å². The number of hydrogen-bond donors (Lipinski definition) is 2. The molecule has 5 heteroatoms. The Morgan fingerprint density at radius 3 is 2.80 bits per heavy atom. The Hall–Kier alpha value is -2.01. The van der Waals surface area contributed by atoms with Crippen LogP contribution in [0.2, 0.25) is 0 Å². The second-order valence-electron chi connectivity index (χ2n) is 4.17. The Balaban J connectivity index is 2.27. The predicted octanol–water partition coefficient (Wildman–Crippen LogP) is 3.31. The fourth-order valence-electron chi connectivity index (χ4n) is 1.68. The molecular formula is C15H15FN2OS. The summed E-state index contributed by atoms with van der Waals surface area (Å²) in [6.45, 7) is 2.42. The molecule has 2 rings (SSSR count). The number of benzene rings is 2. The number of halogens is 1. The minimum absolute atomic E-state index is 0.145. The maximum Gasteiger partial charge on any atom is 0.251 e. The molecule has 0 bridgehead atoms. The number of nitrogens with two attached hydrogens (primary N) is 1. The van der Waals surface area contributed by atoms with Gasteiger partial charge in [0.25, 0.3) is 5.91 Å². The van der Waals surface area contributed by atoms with Gasteiger partial charge in [0.2, 0.25) is 0 Å². The van der Waals surface area contributed by atoms with E-state index in [9.17, 15) is 9.18 Å². The van der Waals surface area contributed by atoms with E-state index in [1.807, 2.05) is 6.92 Å². The van der Waals surface area contributed by atoms with Crippen LogP contribution in [0.15, 0.2) is 52.3 Å². The van der Waals surface area contributed by atoms with Crippen LogP contribution in [0, 0.1) is 5.82 Å². The fraction of sp³-hybridized carbons (Fsp3) is 0.133. The molecule has 0 saturated heterocycles. The van der Waals surface area contributed by atoms with Crippen molar-refractivity contribution in [2.45, 2.75) is 16.7 Å². The summed E-state index contributed by atoms with van der Waals surface area (Å²) in [5, 5.41) is 2.73. The standard InChI is InChI=1S/C15H15FN2OS/c1-2-18-15(19)10-6-7-13(17)14(8-10)20-12-5-3-4-11(16)9-12/h3-9H,2,17H2,1H3,(H,18,19). The third-order valence-corrected chi connectivity index (χ3v) is 3.70. The normalized spacial score (nSPS) is 10.3. The Morgan fingerprint density at radius 2 is 2.10 bits per heavy atom. The van der Waals surface area contributed by atoms with Crippen molar-refractivity contribution < 1.29 is 9.18 Å². The molecule has 0 heterocycles. The minimum Gasteiger partial charge on any atom is -0.398 e. The van der Waals surface area contributed by atoms with Gasteiger partial charge >= 0.3 is 0 Å². The molecule has 0 atom stereocenters. The van der Waals surface area contributed by atoms with Gasteiger partial charge in [-0.2, -0.15) is 0 Å². The zero-order valence-electron chi connectivity index (χ0n) is 11.0. The summed E-state index contributed by atoms with van der Waals surface area (Å²) in [6.07, 6.45) is 0. The van der Waals surface area contributed by atoms with Crippen LogP contribution in [0.25, 0.3) is 0 Å². The third kappa shape index (κ3) is 3.51. The van der Waals surface area contributed by atoms with Crippen molar-refractivity contribution in [1.29, 1.82) is 0 Å². The van der Waals surface area contributed by atoms with Crippen molar-refractivity contribution in [3.05, 3.63) is 53.8 Å². The lowest BCUT2D eigenvalue weighted by Gasteiger charge is -2.08. The van der Waals surface area contributed by atoms with Crippen molar-refractivity contribution in [1.82, 2.24) is 5.32 Å². The number of nitrogen functional groups attached to an aromatic ring is 1. The van der Waals surface area contributed by atoms with Crippen molar-refractivity contribution in [3.63, 3.8) is 0 Å². The summed E-state index contributed by atoms with van der Waals surface area (Å²) in [5.41, 5.74) is 7.01. The number of carbonyl (C=O) groups excluding carboxylic acids is 1. The van der Waals surface area contributed by atoms with Crippen LogP contribution in [0.1, 0.15) is 17.3 Å². The van der Waals surface area contributed by atoms with Crippen LogP contribution in [0.5, 0.6) is 0 Å². The van der Waals surface area contributed by atoms with Gasteiger partial charge in [-0.05, 0) is 43.3 Å². The molecule has 2 aromatic rings. The molecule has 1 amide bonds. The lowest BCUT2D eigenvalue weighted by Crippen LogP contribution is -2.22. The lowest BCUT2D eigenvalue weighted by molar-refractivity contribution is 0.0955. The molecule has 0 unspecified atom stereocenters. The number of carbonyl (C=O) groups is 1. The van der Waals surface area contributed by atoms with E-state index in [0.29, 0.717) is 17.8 Å². The number of hydrogen-bond acceptors (Lipinski definition) is 3. The Morgan fingerprint density at radius 1 is 1.30 bits per heavy atom. The van der Waals surface area contributed by atoms with E-state index in [1.54, 1.807) is 30.3 Å². The van der Waals surface area contributed by atoms with Gasteiger partial charge in [0, 0.05) is 27.6 Å². The molecule has 104 valence electrons. The van der Waals surface area contributed by atoms with Crippen LogP contribution in [0.4, 0.5) is 10.1 Å². The molecule has 0 aliphatic carbocycles. The average Bonchev–Trinajstić information content (AvgIpc) is 2.41. The van der Waals surface area contributed by atoms with Gasteiger partial charge in [-0.1, -0.05) is 17.8 Å². The Labute approximate surface area is 121 Å². The first-order valence-corrected chi connectivity index (χ1v) is 7.03. The summed E-state index contributed by atoms with van der Waals surface area (Å²) in [5.74, 6) is -0.443. The highest BCUT2D eigenvalue weighted by Gasteiger charge is 2.09. The van der Waals surface area contributed by atoms with E-state index in [-0.39, 0.29) is 11.7 Å². The van der Waals surface area contributed by atoms with E-state index >= 15 is 0 Å². The number of nitrogens with one attached hydrogen (secondary N) is 1. The van der Waals surface area contributed by atoms with Gasteiger partial charge in [-0.15, -0.1) is 0 Å². The topological polar surface area (TPSA) is 55.1 Å². The largest absolute Gasteiger partial charge is 0.398 e. The number of anilines is 1. The van der Waals surface area contributed by atoms with Gasteiger partial charge < -0.3 is 11.1 Å². The number of rotatable bonds is 4. The second-order valence-corrected chi connectivity index (χ2v) is 5.29. The highest BCUT2D eigenvalue weighted by atomic mass is 32.2. The molecule has 20 heavy (non-hydrogen) atoms. The predicted molar refractivity (Wildman–Crippen MR) is 79.4 cm³/mol. The number of amides is 1. The highest BCUT2D eigenvalue weighted by Crippen LogP contribution is 2.33. The van der Waals surface area contributed by atoms with E-state index in [0.717, 1.165) is 9.79 Å². The first-order chi connectivity index (χ1) is 9.60. The maximum absolute atomic E-state index is 13.2. The summed E-state index contributed by atoms with van der Waals surface area (Å²) in [4.78, 5) is 13.3. The zero-order valence-corrected chi connectivity index (χ0v) is 11.8. The molecular weight excluding hydrogens is 275 g/mol. The van der Waals surface area contributed by atoms with Gasteiger partial charge in [0.1, 0.15) is 5.82 Å². The van der Waals surface area contributed by atoms with Crippen molar-refractivity contribution in [3.8, 4) is 0 Å². The molecule has 0 spiro atoms. The van der Waals surface area contributed by atoms with E-state index in [1.165, 1.54) is 23.9 Å². The van der Waals surface area contributed by atoms with Crippen molar-refractivity contribution in [2.75, 3.05) is 12.3 Å². The molecule has 0 aliphatic rings. The summed E-state index contributed by atoms with van der Waals surface area (Å²) in [6, 6.07) is 11.3. The average molecular weight is 290 g/mol. The quantitative estimate of drug-likeness (QED) is 0.849. The van der Waals surface area contributed by atoms with Crippen LogP contribution in [-0.2, 0) is 0 Å². The summed E-state index contributed by atoms with van der Waals surface area (Å²) in [7, 11) is 0. The van der Waals surface area contributed by atoms with E-state index < -0.39 is 0 Å². The molecule has 0 aliphatic heterocycles. The van der Waals surface area contributed by atoms with Crippen LogP contribution in [0.3, 0.4) is 0 Å². The first kappa shape index (κ1) is 14.4. The van der Waals surface area contributed by atoms with Crippen LogP contribution >= 0.6 is 11.8 Å². The van der Waals surface area contributed by atoms with Crippen molar-refractivity contribution >= 4 is 23.4 Å². The zero-order chi connectivity index (χ0) is 14.5. The molecule has 3 nitrogen and oxygen atoms in total. The van der Waals surface area contributed by atoms with Gasteiger partial charge in [-0.3, -0.25) is 4.79 Å². The molecule has 3 N–H and O–H groups in total. The second kappa shape index (κ2) is 6.43. The Bertz CT molecular complexity index is 631. The summed E-state index contributed by atoms with van der Waals surface area (Å²) >= 11 is 1.33. The Kier molecular flexibility index (Phi) is 4.63. The third-order valence-electron chi connectivity index (χ3n) is 2.64. The summed E-state index contributed by atoms with van der Waals surface area (Å²) < 4.78 is 13.2. The fourth-order valence-corrected chi connectivity index (χ4v) is 2.63. The van der Waals surface area contributed by atoms with Crippen molar-refractivity contribution in [2.24, 2.45) is 0 Å². The molecule has 0 fully saturated rings.